The number of hydrogen-bond acceptors (Lipinski definition) is 3. The molecule has 0 aliphatic rings. The average Bonchev–Trinajstić information content (AvgIpc) is 1.81. The Labute approximate surface area is 75.2 Å². The fourth-order valence-corrected chi connectivity index (χ4v) is 1.90. The van der Waals surface area contributed by atoms with Gasteiger partial charge < -0.3 is 5.02 Å². The first-order valence-corrected chi connectivity index (χ1v) is 5.72. The Morgan fingerprint density at radius 3 is 2.00 bits per heavy atom. The fourth-order valence-electron chi connectivity index (χ4n) is 0.632. The Morgan fingerprint density at radius 2 is 1.75 bits per heavy atom. The largest absolute Gasteiger partial charge is 0.451 e. The van der Waals surface area contributed by atoms with Crippen molar-refractivity contribution in [3.63, 3.8) is 0 Å². The van der Waals surface area contributed by atoms with Crippen LogP contribution in [0, 0.1) is 0 Å². The zero-order chi connectivity index (χ0) is 9.99. The number of sulfone groups is 1. The summed E-state index contributed by atoms with van der Waals surface area (Å²) in [5.74, 6) is 0.0637. The minimum absolute atomic E-state index is 0.0637. The highest BCUT2D eigenvalue weighted by Gasteiger charge is 2.28. The molecule has 0 saturated heterocycles. The van der Waals surface area contributed by atoms with Crippen LogP contribution in [0.3, 0.4) is 0 Å². The van der Waals surface area contributed by atoms with Gasteiger partial charge in [-0.3, -0.25) is 0 Å². The molecule has 0 aliphatic carbocycles. The van der Waals surface area contributed by atoms with Crippen LogP contribution in [0.2, 0.25) is 13.1 Å². The molecule has 3 nitrogen and oxygen atoms in total. The molecule has 0 aliphatic heterocycles. The summed E-state index contributed by atoms with van der Waals surface area (Å²) in [6.45, 7) is 6.07. The van der Waals surface area contributed by atoms with E-state index < -0.39 is 21.5 Å². The normalized spacial score (nSPS) is 13.1. The van der Waals surface area contributed by atoms with Gasteiger partial charge in [0, 0.05) is 5.75 Å². The van der Waals surface area contributed by atoms with Crippen molar-refractivity contribution in [1.29, 1.82) is 0 Å². The van der Waals surface area contributed by atoms with Gasteiger partial charge in [0.25, 0.3) is 6.92 Å². The van der Waals surface area contributed by atoms with Gasteiger partial charge in [0.05, 0.1) is 4.75 Å². The summed E-state index contributed by atoms with van der Waals surface area (Å²) < 4.78 is 22.2. The molecule has 72 valence electrons. The molecule has 0 aromatic heterocycles. The Kier molecular flexibility index (Phi) is 3.78. The highest BCUT2D eigenvalue weighted by atomic mass is 32.2. The van der Waals surface area contributed by atoms with Crippen LogP contribution >= 0.6 is 0 Å². The molecule has 5 heteroatoms. The van der Waals surface area contributed by atoms with Crippen LogP contribution in [0.15, 0.2) is 0 Å². The summed E-state index contributed by atoms with van der Waals surface area (Å²) in [6, 6.07) is 0. The molecule has 0 aromatic rings. The van der Waals surface area contributed by atoms with Crippen LogP contribution in [0.4, 0.5) is 0 Å². The van der Waals surface area contributed by atoms with Gasteiger partial charge in [-0.1, -0.05) is 6.82 Å². The lowest BCUT2D eigenvalue weighted by atomic mass is 9.69. The Morgan fingerprint density at radius 1 is 1.33 bits per heavy atom. The maximum atomic E-state index is 11.4. The van der Waals surface area contributed by atoms with Crippen LogP contribution in [-0.4, -0.2) is 30.9 Å². The van der Waals surface area contributed by atoms with E-state index in [0.29, 0.717) is 6.32 Å². The van der Waals surface area contributed by atoms with E-state index in [2.05, 4.69) is 0 Å². The van der Waals surface area contributed by atoms with Gasteiger partial charge >= 0.3 is 0 Å². The molecular formula is C7H17BO3S. The van der Waals surface area contributed by atoms with E-state index in [4.69, 9.17) is 5.02 Å². The summed E-state index contributed by atoms with van der Waals surface area (Å²) >= 11 is 0. The molecule has 0 amide bonds. The second-order valence-electron chi connectivity index (χ2n) is 4.07. The lowest BCUT2D eigenvalue weighted by Crippen LogP contribution is -2.31. The molecule has 0 unspecified atom stereocenters. The van der Waals surface area contributed by atoms with Gasteiger partial charge in [0.15, 0.2) is 9.84 Å². The second kappa shape index (κ2) is 3.79. The van der Waals surface area contributed by atoms with Gasteiger partial charge in [0.2, 0.25) is 0 Å². The van der Waals surface area contributed by atoms with Crippen molar-refractivity contribution in [3.8, 4) is 0 Å². The summed E-state index contributed by atoms with van der Waals surface area (Å²) in [7, 11) is -3.05. The van der Waals surface area contributed by atoms with Crippen molar-refractivity contribution in [1.82, 2.24) is 0 Å². The van der Waals surface area contributed by atoms with E-state index in [1.54, 1.807) is 27.6 Å². The summed E-state index contributed by atoms with van der Waals surface area (Å²) in [6.07, 6.45) is 0.319. The summed E-state index contributed by atoms with van der Waals surface area (Å²) in [4.78, 5) is 0. The maximum absolute atomic E-state index is 11.4. The molecule has 0 aromatic carbocycles. The van der Waals surface area contributed by atoms with Crippen LogP contribution in [0.1, 0.15) is 20.8 Å². The fraction of sp³-hybridized carbons (Fsp3) is 1.00. The predicted molar refractivity (Wildman–Crippen MR) is 52.2 cm³/mol. The third-order valence-corrected chi connectivity index (χ3v) is 4.38. The van der Waals surface area contributed by atoms with Crippen LogP contribution < -0.4 is 0 Å². The molecule has 0 rings (SSSR count). The third-order valence-electron chi connectivity index (χ3n) is 1.74. The van der Waals surface area contributed by atoms with E-state index in [0.717, 1.165) is 0 Å². The molecular weight excluding hydrogens is 175 g/mol. The van der Waals surface area contributed by atoms with Crippen molar-refractivity contribution in [2.45, 2.75) is 38.7 Å². The lowest BCUT2D eigenvalue weighted by molar-refractivity contribution is 0.555. The quantitative estimate of drug-likeness (QED) is 0.673. The SMILES string of the molecule is CB(O)CCS(=O)(=O)C(C)(C)C. The monoisotopic (exact) mass is 192 g/mol. The maximum Gasteiger partial charge on any atom is 0.286 e. The molecule has 0 spiro atoms. The van der Waals surface area contributed by atoms with E-state index in [1.807, 2.05) is 0 Å². The highest BCUT2D eigenvalue weighted by Crippen LogP contribution is 2.17. The van der Waals surface area contributed by atoms with Crippen LogP contribution in [-0.2, 0) is 9.84 Å². The number of hydrogen-bond donors (Lipinski definition) is 1. The molecule has 0 saturated carbocycles. The first-order valence-electron chi connectivity index (χ1n) is 4.07. The van der Waals surface area contributed by atoms with Crippen molar-refractivity contribution in [3.05, 3.63) is 0 Å². The molecule has 12 heavy (non-hydrogen) atoms. The van der Waals surface area contributed by atoms with Gasteiger partial charge in [-0.05, 0) is 27.1 Å². The minimum atomic E-state index is -3.05. The first kappa shape index (κ1) is 12.0. The van der Waals surface area contributed by atoms with Gasteiger partial charge in [-0.25, -0.2) is 8.42 Å². The van der Waals surface area contributed by atoms with E-state index in [1.165, 1.54) is 0 Å². The summed E-state index contributed by atoms with van der Waals surface area (Å²) in [5, 5.41) is 8.92. The Bertz CT molecular complexity index is 226. The lowest BCUT2D eigenvalue weighted by Gasteiger charge is -2.18. The van der Waals surface area contributed by atoms with Crippen molar-refractivity contribution < 1.29 is 13.4 Å². The van der Waals surface area contributed by atoms with Crippen molar-refractivity contribution in [2.24, 2.45) is 0 Å². The molecule has 0 atom stereocenters. The third kappa shape index (κ3) is 3.58. The van der Waals surface area contributed by atoms with Crippen LogP contribution in [0.5, 0.6) is 0 Å². The van der Waals surface area contributed by atoms with Gasteiger partial charge in [-0.15, -0.1) is 0 Å². The summed E-state index contributed by atoms with van der Waals surface area (Å²) in [5.41, 5.74) is 0. The van der Waals surface area contributed by atoms with Crippen LogP contribution in [0.25, 0.3) is 0 Å². The van der Waals surface area contributed by atoms with Gasteiger partial charge in [-0.2, -0.15) is 0 Å². The zero-order valence-corrected chi connectivity index (χ0v) is 8.98. The minimum Gasteiger partial charge on any atom is -0.451 e. The standard InChI is InChI=1S/C7H17BO3S/c1-7(2,3)12(10,11)6-5-8(4)9/h9H,5-6H2,1-4H3. The Balaban J connectivity index is 4.27. The van der Waals surface area contributed by atoms with E-state index >= 15 is 0 Å². The topological polar surface area (TPSA) is 54.4 Å². The molecule has 1 N–H and O–H groups in total. The zero-order valence-electron chi connectivity index (χ0n) is 8.16. The second-order valence-corrected chi connectivity index (χ2v) is 6.93. The predicted octanol–water partition coefficient (Wildman–Crippen LogP) is 0.813. The van der Waals surface area contributed by atoms with Crippen molar-refractivity contribution in [2.75, 3.05) is 5.75 Å². The molecule has 0 bridgehead atoms. The molecule has 0 heterocycles. The smallest absolute Gasteiger partial charge is 0.286 e. The first-order chi connectivity index (χ1) is 5.17. The Hall–Kier alpha value is -0.0251. The van der Waals surface area contributed by atoms with E-state index in [-0.39, 0.29) is 5.75 Å². The average molecular weight is 192 g/mol. The van der Waals surface area contributed by atoms with Crippen molar-refractivity contribution >= 4 is 16.8 Å². The number of rotatable bonds is 3. The van der Waals surface area contributed by atoms with Gasteiger partial charge in [0.1, 0.15) is 0 Å². The molecule has 0 fully saturated rings. The van der Waals surface area contributed by atoms with E-state index in [9.17, 15) is 8.42 Å². The molecule has 0 radical (unpaired) electrons. The highest BCUT2D eigenvalue weighted by molar-refractivity contribution is 7.92.